The molecule has 0 aromatic rings. The molecule has 0 saturated heterocycles. The van der Waals surface area contributed by atoms with Crippen molar-refractivity contribution in [3.8, 4) is 0 Å². The minimum Gasteiger partial charge on any atom is -0.375 e. The highest BCUT2D eigenvalue weighted by atomic mass is 15.1. The Morgan fingerprint density at radius 1 is 1.24 bits per heavy atom. The van der Waals surface area contributed by atoms with Crippen LogP contribution in [0.3, 0.4) is 0 Å². The van der Waals surface area contributed by atoms with Crippen molar-refractivity contribution in [2.24, 2.45) is 11.8 Å². The van der Waals surface area contributed by atoms with Gasteiger partial charge >= 0.3 is 0 Å². The summed E-state index contributed by atoms with van der Waals surface area (Å²) < 4.78 is 0. The van der Waals surface area contributed by atoms with Crippen molar-refractivity contribution in [3.63, 3.8) is 0 Å². The molecule has 2 unspecified atom stereocenters. The van der Waals surface area contributed by atoms with E-state index in [1.54, 1.807) is 0 Å². The molecule has 100 valence electrons. The smallest absolute Gasteiger partial charge is 0.0283 e. The number of allylic oxidation sites excluding steroid dienone is 4. The van der Waals surface area contributed by atoms with Crippen LogP contribution in [0.4, 0.5) is 0 Å². The Balaban J connectivity index is 4.54. The Morgan fingerprint density at radius 2 is 1.82 bits per heavy atom. The molecular weight excluding hydrogens is 206 g/mol. The Morgan fingerprint density at radius 3 is 2.24 bits per heavy atom. The van der Waals surface area contributed by atoms with E-state index in [2.05, 4.69) is 71.7 Å². The SMILES string of the molecule is C/C=C\C=C(/C)N(C)C(CC)CC(C)C(C)C. The molecule has 0 radical (unpaired) electrons. The van der Waals surface area contributed by atoms with Gasteiger partial charge in [0.25, 0.3) is 0 Å². The van der Waals surface area contributed by atoms with E-state index < -0.39 is 0 Å². The van der Waals surface area contributed by atoms with Crippen molar-refractivity contribution >= 4 is 0 Å². The lowest BCUT2D eigenvalue weighted by atomic mass is 9.89. The van der Waals surface area contributed by atoms with E-state index in [4.69, 9.17) is 0 Å². The van der Waals surface area contributed by atoms with Crippen molar-refractivity contribution in [2.45, 2.75) is 60.4 Å². The maximum atomic E-state index is 2.43. The molecule has 0 N–H and O–H groups in total. The molecule has 1 heteroatoms. The molecule has 0 aliphatic carbocycles. The second kappa shape index (κ2) is 8.38. The maximum Gasteiger partial charge on any atom is 0.0283 e. The molecule has 0 aromatic heterocycles. The van der Waals surface area contributed by atoms with Gasteiger partial charge in [0.15, 0.2) is 0 Å². The third-order valence-electron chi connectivity index (χ3n) is 3.89. The number of rotatable bonds is 7. The van der Waals surface area contributed by atoms with Gasteiger partial charge < -0.3 is 4.90 Å². The second-order valence-electron chi connectivity index (χ2n) is 5.46. The summed E-state index contributed by atoms with van der Waals surface area (Å²) in [7, 11) is 2.22. The zero-order valence-corrected chi connectivity index (χ0v) is 12.8. The molecule has 0 saturated carbocycles. The predicted octanol–water partition coefficient (Wildman–Crippen LogP) is 4.86. The summed E-state index contributed by atoms with van der Waals surface area (Å²) >= 11 is 0. The number of hydrogen-bond acceptors (Lipinski definition) is 1. The quantitative estimate of drug-likeness (QED) is 0.572. The molecule has 0 amide bonds. The Hall–Kier alpha value is -0.720. The first kappa shape index (κ1) is 16.3. The third kappa shape index (κ3) is 5.95. The lowest BCUT2D eigenvalue weighted by Crippen LogP contribution is -2.32. The Labute approximate surface area is 109 Å². The van der Waals surface area contributed by atoms with E-state index in [1.807, 2.05) is 0 Å². The van der Waals surface area contributed by atoms with Crippen molar-refractivity contribution in [1.29, 1.82) is 0 Å². The van der Waals surface area contributed by atoms with Crippen LogP contribution in [0, 0.1) is 11.8 Å². The van der Waals surface area contributed by atoms with Gasteiger partial charge in [-0.15, -0.1) is 0 Å². The zero-order valence-electron chi connectivity index (χ0n) is 12.8. The van der Waals surface area contributed by atoms with Crippen molar-refractivity contribution in [2.75, 3.05) is 7.05 Å². The first-order chi connectivity index (χ1) is 7.93. The molecule has 2 atom stereocenters. The highest BCUT2D eigenvalue weighted by Crippen LogP contribution is 2.22. The van der Waals surface area contributed by atoms with Gasteiger partial charge in [-0.25, -0.2) is 0 Å². The molecule has 0 aliphatic heterocycles. The van der Waals surface area contributed by atoms with E-state index in [9.17, 15) is 0 Å². The van der Waals surface area contributed by atoms with Crippen molar-refractivity contribution < 1.29 is 0 Å². The van der Waals surface area contributed by atoms with Crippen LogP contribution in [0.2, 0.25) is 0 Å². The average molecular weight is 237 g/mol. The molecule has 0 aromatic carbocycles. The molecule has 0 spiro atoms. The summed E-state index contributed by atoms with van der Waals surface area (Å²) in [4.78, 5) is 2.43. The largest absolute Gasteiger partial charge is 0.375 e. The summed E-state index contributed by atoms with van der Waals surface area (Å²) in [5.41, 5.74) is 1.35. The molecule has 0 fully saturated rings. The summed E-state index contributed by atoms with van der Waals surface area (Å²) in [5, 5.41) is 0. The van der Waals surface area contributed by atoms with Crippen LogP contribution in [0.25, 0.3) is 0 Å². The van der Waals surface area contributed by atoms with Crippen LogP contribution in [0.15, 0.2) is 23.9 Å². The normalized spacial score (nSPS) is 16.6. The summed E-state index contributed by atoms with van der Waals surface area (Å²) in [6, 6.07) is 0.661. The van der Waals surface area contributed by atoms with Gasteiger partial charge in [-0.3, -0.25) is 0 Å². The standard InChI is InChI=1S/C16H31N/c1-8-10-11-15(6)17(7)16(9-2)12-14(5)13(3)4/h8,10-11,13-14,16H,9,12H2,1-7H3/b10-8-,15-11+. The van der Waals surface area contributed by atoms with Crippen LogP contribution in [-0.2, 0) is 0 Å². The fourth-order valence-corrected chi connectivity index (χ4v) is 1.94. The van der Waals surface area contributed by atoms with Crippen LogP contribution >= 0.6 is 0 Å². The predicted molar refractivity (Wildman–Crippen MR) is 79.0 cm³/mol. The summed E-state index contributed by atoms with van der Waals surface area (Å²) in [6.07, 6.45) is 8.89. The third-order valence-corrected chi connectivity index (χ3v) is 3.89. The van der Waals surface area contributed by atoms with Crippen molar-refractivity contribution in [3.05, 3.63) is 23.9 Å². The lowest BCUT2D eigenvalue weighted by molar-refractivity contribution is 0.228. The van der Waals surface area contributed by atoms with E-state index in [1.165, 1.54) is 18.5 Å². The molecule has 0 bridgehead atoms. The lowest BCUT2D eigenvalue weighted by Gasteiger charge is -2.32. The first-order valence-electron chi connectivity index (χ1n) is 6.96. The van der Waals surface area contributed by atoms with E-state index >= 15 is 0 Å². The Kier molecular flexibility index (Phi) is 8.03. The molecule has 0 rings (SSSR count). The van der Waals surface area contributed by atoms with E-state index in [0.29, 0.717) is 6.04 Å². The van der Waals surface area contributed by atoms with Crippen LogP contribution in [0.5, 0.6) is 0 Å². The van der Waals surface area contributed by atoms with Gasteiger partial charge in [0.05, 0.1) is 0 Å². The maximum absolute atomic E-state index is 2.43. The second-order valence-corrected chi connectivity index (χ2v) is 5.46. The van der Waals surface area contributed by atoms with Gasteiger partial charge in [-0.1, -0.05) is 39.8 Å². The topological polar surface area (TPSA) is 3.24 Å². The number of hydrogen-bond donors (Lipinski definition) is 0. The summed E-state index contributed by atoms with van der Waals surface area (Å²) in [5.74, 6) is 1.56. The average Bonchev–Trinajstić information content (AvgIpc) is 2.31. The fourth-order valence-electron chi connectivity index (χ4n) is 1.94. The minimum atomic E-state index is 0.661. The monoisotopic (exact) mass is 237 g/mol. The van der Waals surface area contributed by atoms with Gasteiger partial charge in [-0.2, -0.15) is 0 Å². The minimum absolute atomic E-state index is 0.661. The van der Waals surface area contributed by atoms with Gasteiger partial charge in [0, 0.05) is 18.8 Å². The molecule has 0 aliphatic rings. The fraction of sp³-hybridized carbons (Fsp3) is 0.750. The highest BCUT2D eigenvalue weighted by Gasteiger charge is 2.18. The van der Waals surface area contributed by atoms with Gasteiger partial charge in [0.1, 0.15) is 0 Å². The zero-order chi connectivity index (χ0) is 13.4. The Bertz CT molecular complexity index is 250. The molecule has 0 heterocycles. The summed E-state index contributed by atoms with van der Waals surface area (Å²) in [6.45, 7) is 13.5. The first-order valence-corrected chi connectivity index (χ1v) is 6.96. The van der Waals surface area contributed by atoms with Crippen LogP contribution < -0.4 is 0 Å². The van der Waals surface area contributed by atoms with Crippen molar-refractivity contribution in [1.82, 2.24) is 4.90 Å². The van der Waals surface area contributed by atoms with Gasteiger partial charge in [-0.05, 0) is 44.6 Å². The van der Waals surface area contributed by atoms with E-state index in [-0.39, 0.29) is 0 Å². The molecular formula is C16H31N. The van der Waals surface area contributed by atoms with E-state index in [0.717, 1.165) is 11.8 Å². The van der Waals surface area contributed by atoms with Crippen LogP contribution in [-0.4, -0.2) is 18.0 Å². The molecule has 1 nitrogen and oxygen atoms in total. The number of nitrogens with zero attached hydrogens (tertiary/aromatic N) is 1. The van der Waals surface area contributed by atoms with Gasteiger partial charge in [0.2, 0.25) is 0 Å². The molecule has 17 heavy (non-hydrogen) atoms. The highest BCUT2D eigenvalue weighted by molar-refractivity contribution is 5.09. The van der Waals surface area contributed by atoms with Crippen LogP contribution in [0.1, 0.15) is 54.4 Å².